The molecule has 0 spiro atoms. The van der Waals surface area contributed by atoms with E-state index in [2.05, 4.69) is 31.6 Å². The number of aliphatic hydroxyl groups excluding tert-OH is 1. The number of anilines is 1. The van der Waals surface area contributed by atoms with Crippen molar-refractivity contribution in [2.75, 3.05) is 31.3 Å². The van der Waals surface area contributed by atoms with E-state index >= 15 is 0 Å². The Labute approximate surface area is 249 Å². The maximum Gasteiger partial charge on any atom is 0.286 e. The molecule has 0 saturated heterocycles. The van der Waals surface area contributed by atoms with Gasteiger partial charge in [0.15, 0.2) is 0 Å². The highest BCUT2D eigenvalue weighted by Crippen LogP contribution is 2.17. The van der Waals surface area contributed by atoms with Gasteiger partial charge in [-0.3, -0.25) is 24.0 Å². The Morgan fingerprint density at radius 1 is 1.02 bits per heavy atom. The van der Waals surface area contributed by atoms with Gasteiger partial charge in [-0.15, -0.1) is 0 Å². The summed E-state index contributed by atoms with van der Waals surface area (Å²) < 4.78 is 19.4. The molecule has 2 heterocycles. The summed E-state index contributed by atoms with van der Waals surface area (Å²) in [6, 6.07) is 18.3. The van der Waals surface area contributed by atoms with E-state index in [0.717, 1.165) is 5.69 Å². The Bertz CT molecular complexity index is 1850. The monoisotopic (exact) mass is 598 g/mol. The number of hydrogen-bond acceptors (Lipinski definition) is 7. The minimum atomic E-state index is -3.48. The molecule has 12 heteroatoms. The summed E-state index contributed by atoms with van der Waals surface area (Å²) in [4.78, 5) is 44.1. The number of aromatic nitrogens is 3. The molecule has 220 valence electrons. The van der Waals surface area contributed by atoms with Gasteiger partial charge in [0, 0.05) is 54.7 Å². The number of aryl methyl sites for hydroxylation is 2. The highest BCUT2D eigenvalue weighted by Gasteiger charge is 2.22. The van der Waals surface area contributed by atoms with Crippen LogP contribution in [-0.4, -0.2) is 72.7 Å². The molecule has 0 radical (unpaired) electrons. The lowest BCUT2D eigenvalue weighted by molar-refractivity contribution is -0.127. The van der Waals surface area contributed by atoms with Crippen LogP contribution in [0.5, 0.6) is 0 Å². The van der Waals surface area contributed by atoms with Gasteiger partial charge >= 0.3 is 0 Å². The maximum atomic E-state index is 13.9. The minimum absolute atomic E-state index is 0.0547. The predicted molar refractivity (Wildman–Crippen MR) is 162 cm³/mol. The highest BCUT2D eigenvalue weighted by molar-refractivity contribution is 7.94. The van der Waals surface area contributed by atoms with Crippen molar-refractivity contribution in [3.63, 3.8) is 0 Å². The van der Waals surface area contributed by atoms with E-state index in [9.17, 15) is 18.6 Å². The van der Waals surface area contributed by atoms with E-state index < -0.39 is 27.3 Å². The normalized spacial score (nSPS) is 11.9. The van der Waals surface area contributed by atoms with E-state index in [4.69, 9.17) is 5.11 Å². The van der Waals surface area contributed by atoms with Crippen molar-refractivity contribution in [2.45, 2.75) is 11.8 Å². The minimum Gasteiger partial charge on any atom is -0.395 e. The molecule has 0 fully saturated rings. The molecule has 0 aliphatic heterocycles. The van der Waals surface area contributed by atoms with Crippen molar-refractivity contribution in [3.05, 3.63) is 107 Å². The van der Waals surface area contributed by atoms with E-state index in [1.54, 1.807) is 74.6 Å². The van der Waals surface area contributed by atoms with Gasteiger partial charge < -0.3 is 15.3 Å². The first-order chi connectivity index (χ1) is 20.6. The third-order valence-corrected chi connectivity index (χ3v) is 8.32. The Hall–Kier alpha value is -5.12. The first-order valence-corrected chi connectivity index (χ1v) is 14.8. The molecule has 1 atom stereocenters. The molecule has 4 rings (SSSR count). The fraction of sp³-hybridized carbons (Fsp3) is 0.194. The van der Waals surface area contributed by atoms with Crippen LogP contribution in [0.4, 0.5) is 5.69 Å². The average molecular weight is 599 g/mol. The van der Waals surface area contributed by atoms with Crippen LogP contribution in [0.25, 0.3) is 0 Å². The first-order valence-electron chi connectivity index (χ1n) is 13.2. The molecule has 2 aromatic carbocycles. The number of carbonyl (C=O) groups excluding carboxylic acids is 3. The molecule has 0 bridgehead atoms. The smallest absolute Gasteiger partial charge is 0.286 e. The lowest BCUT2D eigenvalue weighted by atomic mass is 10.1. The van der Waals surface area contributed by atoms with Gasteiger partial charge in [-0.25, -0.2) is 4.21 Å². The van der Waals surface area contributed by atoms with Gasteiger partial charge in [-0.2, -0.15) is 9.46 Å². The number of pyridine rings is 1. The fourth-order valence-electron chi connectivity index (χ4n) is 4.00. The zero-order valence-electron chi connectivity index (χ0n) is 23.9. The lowest BCUT2D eigenvalue weighted by Gasteiger charge is -2.17. The topological polar surface area (TPSA) is 147 Å². The molecule has 2 aromatic heterocycles. The zero-order valence-corrected chi connectivity index (χ0v) is 24.7. The number of hydrogen-bond donors (Lipinski definition) is 2. The second kappa shape index (κ2) is 13.7. The average Bonchev–Trinajstić information content (AvgIpc) is 3.34. The number of likely N-dealkylation sites (N-methyl/N-ethyl adjacent to an activating group) is 1. The SMILES string of the molecule is Cc1cc(C(=O)Nc2cccc(C#Cc3cncc(C(=O)N=S(=O)(CC(=O)N(C)CCO)c4ccccc4)c3)c2)n(C)n1. The number of nitrogens with zero attached hydrogens (tertiary/aromatic N) is 5. The van der Waals surface area contributed by atoms with E-state index in [1.807, 2.05) is 0 Å². The van der Waals surface area contributed by atoms with E-state index in [0.29, 0.717) is 22.5 Å². The van der Waals surface area contributed by atoms with Crippen LogP contribution in [0, 0.1) is 18.8 Å². The number of nitrogens with one attached hydrogen (secondary N) is 1. The molecule has 11 nitrogen and oxygen atoms in total. The largest absolute Gasteiger partial charge is 0.395 e. The Kier molecular flexibility index (Phi) is 9.82. The van der Waals surface area contributed by atoms with Gasteiger partial charge in [0.25, 0.3) is 11.8 Å². The summed E-state index contributed by atoms with van der Waals surface area (Å²) in [5, 5.41) is 16.2. The second-order valence-electron chi connectivity index (χ2n) is 9.57. The Morgan fingerprint density at radius 3 is 2.47 bits per heavy atom. The van der Waals surface area contributed by atoms with Crippen molar-refractivity contribution in [3.8, 4) is 11.8 Å². The summed E-state index contributed by atoms with van der Waals surface area (Å²) in [6.07, 6.45) is 2.76. The van der Waals surface area contributed by atoms with Crippen molar-refractivity contribution in [1.82, 2.24) is 19.7 Å². The van der Waals surface area contributed by atoms with Crippen molar-refractivity contribution >= 4 is 33.1 Å². The van der Waals surface area contributed by atoms with E-state index in [1.165, 1.54) is 35.1 Å². The third kappa shape index (κ3) is 8.00. The Morgan fingerprint density at radius 2 is 1.77 bits per heavy atom. The standard InChI is InChI=1S/C31H30N6O5S/c1-22-16-28(37(3)34-22)31(41)33-26-9-7-8-23(18-26)12-13-24-17-25(20-32-19-24)30(40)35-43(42,27-10-5-4-6-11-27)21-29(39)36(2)14-15-38/h4-11,16-20,38H,14-15,21H2,1-3H3,(H,33,41). The molecule has 0 saturated carbocycles. The summed E-state index contributed by atoms with van der Waals surface area (Å²) >= 11 is 0. The first kappa shape index (κ1) is 30.8. The van der Waals surface area contributed by atoms with Crippen LogP contribution in [0.2, 0.25) is 0 Å². The summed E-state index contributed by atoms with van der Waals surface area (Å²) in [5.74, 6) is 3.78. The molecule has 3 amide bonds. The highest BCUT2D eigenvalue weighted by atomic mass is 32.2. The molecular weight excluding hydrogens is 568 g/mol. The number of rotatable bonds is 8. The summed E-state index contributed by atoms with van der Waals surface area (Å²) in [7, 11) is -0.313. The molecule has 43 heavy (non-hydrogen) atoms. The second-order valence-corrected chi connectivity index (χ2v) is 11.8. The maximum absolute atomic E-state index is 13.9. The van der Waals surface area contributed by atoms with Crippen LogP contribution in [0.3, 0.4) is 0 Å². The number of carbonyl (C=O) groups is 3. The van der Waals surface area contributed by atoms with Crippen molar-refractivity contribution in [1.29, 1.82) is 0 Å². The van der Waals surface area contributed by atoms with Crippen LogP contribution >= 0.6 is 0 Å². The fourth-order valence-corrected chi connectivity index (χ4v) is 5.85. The van der Waals surface area contributed by atoms with Crippen LogP contribution in [-0.2, 0) is 21.6 Å². The van der Waals surface area contributed by atoms with Crippen molar-refractivity contribution in [2.24, 2.45) is 11.4 Å². The lowest BCUT2D eigenvalue weighted by Crippen LogP contribution is -2.34. The summed E-state index contributed by atoms with van der Waals surface area (Å²) in [6.45, 7) is 1.61. The van der Waals surface area contributed by atoms with Gasteiger partial charge in [-0.1, -0.05) is 36.1 Å². The van der Waals surface area contributed by atoms with Gasteiger partial charge in [-0.05, 0) is 49.4 Å². The van der Waals surface area contributed by atoms with Crippen LogP contribution in [0.15, 0.2) is 88.4 Å². The zero-order chi connectivity index (χ0) is 31.0. The third-order valence-electron chi connectivity index (χ3n) is 6.21. The molecule has 2 N–H and O–H groups in total. The van der Waals surface area contributed by atoms with Gasteiger partial charge in [0.2, 0.25) is 5.91 Å². The van der Waals surface area contributed by atoms with Gasteiger partial charge in [0.05, 0.1) is 27.6 Å². The molecule has 1 unspecified atom stereocenters. The summed E-state index contributed by atoms with van der Waals surface area (Å²) in [5.41, 5.74) is 2.77. The van der Waals surface area contributed by atoms with E-state index in [-0.39, 0.29) is 29.5 Å². The number of amides is 3. The van der Waals surface area contributed by atoms with Gasteiger partial charge in [0.1, 0.15) is 11.4 Å². The molecule has 0 aliphatic rings. The number of benzene rings is 2. The van der Waals surface area contributed by atoms with Crippen LogP contribution < -0.4 is 5.32 Å². The van der Waals surface area contributed by atoms with Crippen molar-refractivity contribution < 1.29 is 23.7 Å². The molecule has 0 aliphatic carbocycles. The van der Waals surface area contributed by atoms with Crippen LogP contribution in [0.1, 0.15) is 37.7 Å². The molecule has 4 aromatic rings. The molecular formula is C31H30N6O5S. The number of aliphatic hydroxyl groups is 1. The predicted octanol–water partition coefficient (Wildman–Crippen LogP) is 2.89. The Balaban J connectivity index is 1.57. The quantitative estimate of drug-likeness (QED) is 0.297.